The van der Waals surface area contributed by atoms with Crippen molar-refractivity contribution in [3.05, 3.63) is 65.4 Å². The molecule has 0 saturated carbocycles. The van der Waals surface area contributed by atoms with E-state index < -0.39 is 0 Å². The molecule has 1 aromatic heterocycles. The number of hydrogen-bond acceptors (Lipinski definition) is 6. The van der Waals surface area contributed by atoms with Gasteiger partial charge in [-0.15, -0.1) is 0 Å². The molecule has 0 bridgehead atoms. The topological polar surface area (TPSA) is 83.1 Å². The van der Waals surface area contributed by atoms with Crippen LogP contribution in [0.15, 0.2) is 53.1 Å². The zero-order valence-electron chi connectivity index (χ0n) is 15.4. The lowest BCUT2D eigenvalue weighted by atomic mass is 9.97. The monoisotopic (exact) mass is 367 g/mol. The number of benzene rings is 2. The third kappa shape index (κ3) is 3.80. The van der Waals surface area contributed by atoms with E-state index in [0.29, 0.717) is 29.2 Å². The van der Waals surface area contributed by atoms with E-state index in [0.717, 1.165) is 5.56 Å². The molecule has 0 aliphatic rings. The zero-order valence-corrected chi connectivity index (χ0v) is 15.4. The van der Waals surface area contributed by atoms with Crippen molar-refractivity contribution in [1.82, 2.24) is 4.90 Å². The largest absolute Gasteiger partial charge is 0.504 e. The van der Waals surface area contributed by atoms with Crippen LogP contribution in [0, 0.1) is 0 Å². The number of nitrogens with zero attached hydrogens (tertiary/aromatic N) is 1. The van der Waals surface area contributed by atoms with Crippen molar-refractivity contribution in [3.8, 4) is 28.6 Å². The van der Waals surface area contributed by atoms with Gasteiger partial charge >= 0.3 is 0 Å². The Morgan fingerprint density at radius 2 is 1.93 bits per heavy atom. The fourth-order valence-electron chi connectivity index (χ4n) is 2.91. The summed E-state index contributed by atoms with van der Waals surface area (Å²) in [5.74, 6) is 0.163. The van der Waals surface area contributed by atoms with Crippen LogP contribution in [0.4, 0.5) is 0 Å². The molecule has 3 rings (SSSR count). The SMILES string of the molecule is COc1ccc(-c2ccco2)cc1C(=O)c1cc(O)c(O)c(CN(C)C)c1. The molecule has 0 unspecified atom stereocenters. The molecule has 0 radical (unpaired) electrons. The molecule has 0 amide bonds. The minimum Gasteiger partial charge on any atom is -0.504 e. The van der Waals surface area contributed by atoms with E-state index in [1.165, 1.54) is 13.2 Å². The maximum Gasteiger partial charge on any atom is 0.196 e. The van der Waals surface area contributed by atoms with Crippen LogP contribution in [0.3, 0.4) is 0 Å². The molecule has 0 aliphatic heterocycles. The van der Waals surface area contributed by atoms with E-state index in [9.17, 15) is 15.0 Å². The second-order valence-corrected chi connectivity index (χ2v) is 6.46. The number of hydrogen-bond donors (Lipinski definition) is 2. The van der Waals surface area contributed by atoms with Crippen LogP contribution in [-0.2, 0) is 6.54 Å². The summed E-state index contributed by atoms with van der Waals surface area (Å²) in [5.41, 5.74) is 1.80. The number of rotatable bonds is 6. The van der Waals surface area contributed by atoms with Gasteiger partial charge in [-0.3, -0.25) is 4.79 Å². The Bertz CT molecular complexity index is 961. The van der Waals surface area contributed by atoms with E-state index >= 15 is 0 Å². The normalized spacial score (nSPS) is 11.0. The molecule has 3 aromatic rings. The van der Waals surface area contributed by atoms with Gasteiger partial charge in [-0.1, -0.05) is 0 Å². The van der Waals surface area contributed by atoms with Crippen molar-refractivity contribution >= 4 is 5.78 Å². The first kappa shape index (κ1) is 18.5. The van der Waals surface area contributed by atoms with Crippen LogP contribution in [0.1, 0.15) is 21.5 Å². The van der Waals surface area contributed by atoms with Gasteiger partial charge in [0.05, 0.1) is 18.9 Å². The van der Waals surface area contributed by atoms with Gasteiger partial charge in [-0.25, -0.2) is 0 Å². The van der Waals surface area contributed by atoms with Crippen molar-refractivity contribution in [2.75, 3.05) is 21.2 Å². The minimum atomic E-state index is -0.334. The quantitative estimate of drug-likeness (QED) is 0.511. The van der Waals surface area contributed by atoms with Crippen LogP contribution in [0.5, 0.6) is 17.2 Å². The molecule has 6 heteroatoms. The zero-order chi connectivity index (χ0) is 19.6. The van der Waals surface area contributed by atoms with Crippen molar-refractivity contribution in [2.45, 2.75) is 6.54 Å². The van der Waals surface area contributed by atoms with Crippen LogP contribution >= 0.6 is 0 Å². The lowest BCUT2D eigenvalue weighted by Gasteiger charge is -2.14. The standard InChI is InChI=1S/C21H21NO5/c1-22(2)12-15-9-14(11-17(23)21(15)25)20(24)16-10-13(6-7-19(16)26-3)18-5-4-8-27-18/h4-11,23,25H,12H2,1-3H3. The average Bonchev–Trinajstić information content (AvgIpc) is 3.18. The summed E-state index contributed by atoms with van der Waals surface area (Å²) in [6.07, 6.45) is 1.56. The molecule has 2 N–H and O–H groups in total. The average molecular weight is 367 g/mol. The van der Waals surface area contributed by atoms with Crippen molar-refractivity contribution < 1.29 is 24.2 Å². The summed E-state index contributed by atoms with van der Waals surface area (Å²) in [6, 6.07) is 11.6. The molecule has 2 aromatic carbocycles. The summed E-state index contributed by atoms with van der Waals surface area (Å²) in [7, 11) is 5.16. The van der Waals surface area contributed by atoms with E-state index in [4.69, 9.17) is 9.15 Å². The number of ketones is 1. The molecule has 0 fully saturated rings. The van der Waals surface area contributed by atoms with Crippen molar-refractivity contribution in [3.63, 3.8) is 0 Å². The van der Waals surface area contributed by atoms with E-state index in [1.807, 2.05) is 19.0 Å². The van der Waals surface area contributed by atoms with Crippen molar-refractivity contribution in [2.24, 2.45) is 0 Å². The molecular weight excluding hydrogens is 346 g/mol. The molecule has 0 saturated heterocycles. The van der Waals surface area contributed by atoms with Crippen molar-refractivity contribution in [1.29, 1.82) is 0 Å². The highest BCUT2D eigenvalue weighted by Gasteiger charge is 2.20. The fraction of sp³-hybridized carbons (Fsp3) is 0.190. The number of carbonyl (C=O) groups is 1. The molecule has 1 heterocycles. The minimum absolute atomic E-state index is 0.225. The van der Waals surface area contributed by atoms with Gasteiger partial charge < -0.3 is 24.3 Å². The van der Waals surface area contributed by atoms with Crippen LogP contribution in [0.25, 0.3) is 11.3 Å². The smallest absolute Gasteiger partial charge is 0.196 e. The number of phenols is 2. The van der Waals surface area contributed by atoms with Crippen LogP contribution in [-0.4, -0.2) is 42.1 Å². The van der Waals surface area contributed by atoms with Gasteiger partial charge in [-0.2, -0.15) is 0 Å². The van der Waals surface area contributed by atoms with Crippen LogP contribution < -0.4 is 4.74 Å². The lowest BCUT2D eigenvalue weighted by molar-refractivity contribution is 0.103. The Hall–Kier alpha value is -3.25. The van der Waals surface area contributed by atoms with Gasteiger partial charge in [-0.05, 0) is 56.6 Å². The van der Waals surface area contributed by atoms with Gasteiger partial charge in [0.15, 0.2) is 17.3 Å². The second-order valence-electron chi connectivity index (χ2n) is 6.46. The second kappa shape index (κ2) is 7.55. The Labute approximate surface area is 157 Å². The van der Waals surface area contributed by atoms with E-state index in [-0.39, 0.29) is 22.8 Å². The third-order valence-corrected chi connectivity index (χ3v) is 4.17. The fourth-order valence-corrected chi connectivity index (χ4v) is 2.91. The maximum atomic E-state index is 13.1. The first-order valence-corrected chi connectivity index (χ1v) is 8.37. The molecule has 0 spiro atoms. The summed E-state index contributed by atoms with van der Waals surface area (Å²) in [5, 5.41) is 20.1. The van der Waals surface area contributed by atoms with Crippen LogP contribution in [0.2, 0.25) is 0 Å². The lowest BCUT2D eigenvalue weighted by Crippen LogP contribution is -2.12. The van der Waals surface area contributed by atoms with E-state index in [1.54, 1.807) is 42.7 Å². The summed E-state index contributed by atoms with van der Waals surface area (Å²) in [4.78, 5) is 15.0. The number of aromatic hydroxyl groups is 2. The summed E-state index contributed by atoms with van der Waals surface area (Å²) >= 11 is 0. The first-order chi connectivity index (χ1) is 12.9. The summed E-state index contributed by atoms with van der Waals surface area (Å²) in [6.45, 7) is 0.379. The molecule has 140 valence electrons. The Morgan fingerprint density at radius 1 is 1.15 bits per heavy atom. The molecule has 0 atom stereocenters. The molecule has 27 heavy (non-hydrogen) atoms. The highest BCUT2D eigenvalue weighted by atomic mass is 16.5. The number of carbonyl (C=O) groups excluding carboxylic acids is 1. The maximum absolute atomic E-state index is 13.1. The molecular formula is C21H21NO5. The predicted molar refractivity (Wildman–Crippen MR) is 101 cm³/mol. The van der Waals surface area contributed by atoms with Gasteiger partial charge in [0.25, 0.3) is 0 Å². The van der Waals surface area contributed by atoms with Gasteiger partial charge in [0, 0.05) is 23.2 Å². The molecule has 6 nitrogen and oxygen atoms in total. The predicted octanol–water partition coefficient (Wildman–Crippen LogP) is 3.66. The molecule has 0 aliphatic carbocycles. The highest BCUT2D eigenvalue weighted by molar-refractivity contribution is 6.11. The first-order valence-electron chi connectivity index (χ1n) is 8.37. The Morgan fingerprint density at radius 3 is 2.56 bits per heavy atom. The number of ether oxygens (including phenoxy) is 1. The number of phenolic OH excluding ortho intramolecular Hbond substituents is 2. The van der Waals surface area contributed by atoms with E-state index in [2.05, 4.69) is 0 Å². The van der Waals surface area contributed by atoms with Gasteiger partial charge in [0.2, 0.25) is 0 Å². The number of furan rings is 1. The van der Waals surface area contributed by atoms with Gasteiger partial charge in [0.1, 0.15) is 11.5 Å². The highest BCUT2D eigenvalue weighted by Crippen LogP contribution is 2.34. The summed E-state index contributed by atoms with van der Waals surface area (Å²) < 4.78 is 10.7. The third-order valence-electron chi connectivity index (χ3n) is 4.17. The Kier molecular flexibility index (Phi) is 5.19. The number of methoxy groups -OCH3 is 1. The Balaban J connectivity index is 2.07.